The number of carbonyl (C=O) groups excluding carboxylic acids is 2. The Balaban J connectivity index is 1.88. The largest absolute Gasteiger partial charge is 0.462 e. The zero-order chi connectivity index (χ0) is 20.1. The molecule has 5 nitrogen and oxygen atoms in total. The summed E-state index contributed by atoms with van der Waals surface area (Å²) < 4.78 is 10.7. The predicted octanol–water partition coefficient (Wildman–Crippen LogP) is 5.04. The normalized spacial score (nSPS) is 13.4. The van der Waals surface area contributed by atoms with Crippen LogP contribution in [0.4, 0.5) is 5.00 Å². The van der Waals surface area contributed by atoms with Crippen molar-refractivity contribution in [3.8, 4) is 5.75 Å². The maximum absolute atomic E-state index is 12.7. The summed E-state index contributed by atoms with van der Waals surface area (Å²) in [7, 11) is 0. The molecule has 0 aliphatic heterocycles. The fraction of sp³-hybridized carbons (Fsp3) is 0.455. The Morgan fingerprint density at radius 2 is 1.96 bits per heavy atom. The Hall–Kier alpha value is -2.34. The maximum atomic E-state index is 12.7. The molecule has 0 amide bonds. The van der Waals surface area contributed by atoms with E-state index in [4.69, 9.17) is 9.47 Å². The highest BCUT2D eigenvalue weighted by molar-refractivity contribution is 7.16. The number of fused-ring (bicyclic) bond motifs is 1. The van der Waals surface area contributed by atoms with Gasteiger partial charge in [-0.25, -0.2) is 4.79 Å². The summed E-state index contributed by atoms with van der Waals surface area (Å²) in [5, 5.41) is 4.25. The molecule has 0 fully saturated rings. The Morgan fingerprint density at radius 1 is 1.18 bits per heavy atom. The van der Waals surface area contributed by atoms with Crippen LogP contribution in [0.25, 0.3) is 0 Å². The summed E-state index contributed by atoms with van der Waals surface area (Å²) in [6.07, 6.45) is 5.39. The third kappa shape index (κ3) is 4.73. The van der Waals surface area contributed by atoms with Crippen molar-refractivity contribution >= 4 is 28.3 Å². The summed E-state index contributed by atoms with van der Waals surface area (Å²) in [6, 6.07) is 5.79. The van der Waals surface area contributed by atoms with E-state index >= 15 is 0 Å². The molecular formula is C22H27NO4S. The van der Waals surface area contributed by atoms with Gasteiger partial charge in [0.25, 0.3) is 0 Å². The van der Waals surface area contributed by atoms with Crippen molar-refractivity contribution in [1.82, 2.24) is 0 Å². The molecule has 1 heterocycles. The number of rotatable bonds is 6. The lowest BCUT2D eigenvalue weighted by Gasteiger charge is -2.12. The molecule has 1 N–H and O–H groups in total. The average molecular weight is 402 g/mol. The van der Waals surface area contributed by atoms with Crippen LogP contribution in [0.15, 0.2) is 18.2 Å². The molecule has 1 aromatic heterocycles. The molecule has 1 aromatic carbocycles. The number of aryl methyl sites for hydroxylation is 2. The highest BCUT2D eigenvalue weighted by Crippen LogP contribution is 2.38. The summed E-state index contributed by atoms with van der Waals surface area (Å²) in [6.45, 7) is 6.01. The molecule has 1 aliphatic carbocycles. The highest BCUT2D eigenvalue weighted by atomic mass is 32.1. The van der Waals surface area contributed by atoms with E-state index in [-0.39, 0.29) is 11.9 Å². The van der Waals surface area contributed by atoms with Crippen LogP contribution in [0.1, 0.15) is 65.0 Å². The monoisotopic (exact) mass is 401 g/mol. The fourth-order valence-electron chi connectivity index (χ4n) is 3.52. The number of ether oxygens (including phenoxy) is 2. The fourth-order valence-corrected chi connectivity index (χ4v) is 4.79. The first-order valence-electron chi connectivity index (χ1n) is 9.83. The van der Waals surface area contributed by atoms with Gasteiger partial charge in [0.15, 0.2) is 0 Å². The van der Waals surface area contributed by atoms with Crippen LogP contribution < -0.4 is 10.1 Å². The number of nitrogens with one attached hydrogen (secondary N) is 1. The molecule has 0 saturated heterocycles. The zero-order valence-electron chi connectivity index (χ0n) is 16.7. The van der Waals surface area contributed by atoms with Gasteiger partial charge in [-0.1, -0.05) is 18.6 Å². The molecule has 0 spiro atoms. The first kappa shape index (κ1) is 20.4. The Morgan fingerprint density at radius 3 is 2.71 bits per heavy atom. The number of hydrogen-bond donors (Lipinski definition) is 1. The maximum Gasteiger partial charge on any atom is 0.341 e. The minimum atomic E-state index is -0.345. The highest BCUT2D eigenvalue weighted by Gasteiger charge is 2.25. The van der Waals surface area contributed by atoms with Gasteiger partial charge < -0.3 is 14.8 Å². The quantitative estimate of drug-likeness (QED) is 0.417. The van der Waals surface area contributed by atoms with Gasteiger partial charge in [0.05, 0.1) is 12.2 Å². The second-order valence-electron chi connectivity index (χ2n) is 7.05. The first-order valence-corrected chi connectivity index (χ1v) is 10.6. The summed E-state index contributed by atoms with van der Waals surface area (Å²) in [5.41, 5.74) is 3.73. The lowest BCUT2D eigenvalue weighted by atomic mass is 10.1. The number of thiophene rings is 1. The van der Waals surface area contributed by atoms with Crippen molar-refractivity contribution < 1.29 is 19.1 Å². The molecule has 0 bridgehead atoms. The van der Waals surface area contributed by atoms with Gasteiger partial charge in [0.1, 0.15) is 10.8 Å². The smallest absolute Gasteiger partial charge is 0.341 e. The second kappa shape index (κ2) is 9.24. The van der Waals surface area contributed by atoms with Gasteiger partial charge in [0.2, 0.25) is 0 Å². The molecular weight excluding hydrogens is 374 g/mol. The number of hydrogen-bond acceptors (Lipinski definition) is 6. The summed E-state index contributed by atoms with van der Waals surface area (Å²) in [5.74, 6) is -0.0498. The van der Waals surface area contributed by atoms with E-state index in [9.17, 15) is 9.59 Å². The molecule has 28 heavy (non-hydrogen) atoms. The van der Waals surface area contributed by atoms with Crippen molar-refractivity contribution in [1.29, 1.82) is 0 Å². The third-order valence-electron chi connectivity index (χ3n) is 4.82. The van der Waals surface area contributed by atoms with E-state index in [1.165, 1.54) is 18.2 Å². The van der Waals surface area contributed by atoms with Gasteiger partial charge in [-0.2, -0.15) is 0 Å². The molecule has 3 rings (SSSR count). The lowest BCUT2D eigenvalue weighted by Crippen LogP contribution is -2.11. The van der Waals surface area contributed by atoms with Crippen LogP contribution in [0, 0.1) is 6.92 Å². The second-order valence-corrected chi connectivity index (χ2v) is 8.15. The number of esters is 2. The van der Waals surface area contributed by atoms with Gasteiger partial charge in [-0.3, -0.25) is 4.79 Å². The van der Waals surface area contributed by atoms with Crippen LogP contribution in [0.2, 0.25) is 0 Å². The minimum Gasteiger partial charge on any atom is -0.462 e. The van der Waals surface area contributed by atoms with Crippen LogP contribution >= 0.6 is 11.3 Å². The van der Waals surface area contributed by atoms with Gasteiger partial charge in [0, 0.05) is 23.9 Å². The van der Waals surface area contributed by atoms with Crippen LogP contribution in [0.5, 0.6) is 5.75 Å². The zero-order valence-corrected chi connectivity index (χ0v) is 17.5. The van der Waals surface area contributed by atoms with Crippen molar-refractivity contribution in [2.45, 2.75) is 59.4 Å². The Labute approximate surface area is 170 Å². The SMILES string of the molecule is CCOC(=O)c1c(NCc2ccc(C)cc2OC(C)=O)sc2c1CCCCC2. The molecule has 0 saturated carbocycles. The molecule has 0 radical (unpaired) electrons. The Bertz CT molecular complexity index is 872. The van der Waals surface area contributed by atoms with Crippen molar-refractivity contribution in [3.63, 3.8) is 0 Å². The van der Waals surface area contributed by atoms with Gasteiger partial charge >= 0.3 is 11.9 Å². The summed E-state index contributed by atoms with van der Waals surface area (Å²) >= 11 is 1.65. The lowest BCUT2D eigenvalue weighted by molar-refractivity contribution is -0.131. The van der Waals surface area contributed by atoms with Crippen LogP contribution in [0.3, 0.4) is 0 Å². The van der Waals surface area contributed by atoms with E-state index in [0.29, 0.717) is 24.5 Å². The molecule has 0 unspecified atom stereocenters. The number of carbonyl (C=O) groups is 2. The van der Waals surface area contributed by atoms with Crippen LogP contribution in [-0.2, 0) is 28.9 Å². The molecule has 150 valence electrons. The minimum absolute atomic E-state index is 0.256. The van der Waals surface area contributed by atoms with Gasteiger partial charge in [-0.05, 0) is 56.7 Å². The third-order valence-corrected chi connectivity index (χ3v) is 6.07. The Kier molecular flexibility index (Phi) is 6.73. The van der Waals surface area contributed by atoms with E-state index in [1.807, 2.05) is 32.0 Å². The standard InChI is InChI=1S/C22H27NO4S/c1-4-26-22(25)20-17-8-6-5-7-9-19(17)28-21(20)23-13-16-11-10-14(2)12-18(16)27-15(3)24/h10-12,23H,4-9,13H2,1-3H3. The van der Waals surface area contributed by atoms with E-state index in [1.54, 1.807) is 11.3 Å². The van der Waals surface area contributed by atoms with Crippen LogP contribution in [-0.4, -0.2) is 18.5 Å². The molecule has 6 heteroatoms. The van der Waals surface area contributed by atoms with E-state index in [2.05, 4.69) is 5.32 Å². The van der Waals surface area contributed by atoms with Gasteiger partial charge in [-0.15, -0.1) is 11.3 Å². The summed E-state index contributed by atoms with van der Waals surface area (Å²) in [4.78, 5) is 25.4. The molecule has 2 aromatic rings. The van der Waals surface area contributed by atoms with Crippen molar-refractivity contribution in [2.24, 2.45) is 0 Å². The van der Waals surface area contributed by atoms with E-state index in [0.717, 1.165) is 47.4 Å². The van der Waals surface area contributed by atoms with Crippen molar-refractivity contribution in [2.75, 3.05) is 11.9 Å². The first-order chi connectivity index (χ1) is 13.5. The molecule has 0 atom stereocenters. The number of anilines is 1. The molecule has 1 aliphatic rings. The van der Waals surface area contributed by atoms with E-state index < -0.39 is 0 Å². The predicted molar refractivity (Wildman–Crippen MR) is 111 cm³/mol. The topological polar surface area (TPSA) is 64.6 Å². The number of benzene rings is 1. The van der Waals surface area contributed by atoms with Crippen molar-refractivity contribution in [3.05, 3.63) is 45.3 Å². The average Bonchev–Trinajstić information content (AvgIpc) is 2.82.